The van der Waals surface area contributed by atoms with Crippen LogP contribution in [0.3, 0.4) is 0 Å². The summed E-state index contributed by atoms with van der Waals surface area (Å²) in [6.45, 7) is 4.77. The molecule has 2 heterocycles. The normalized spacial score (nSPS) is 17.1. The first kappa shape index (κ1) is 21.9. The molecule has 0 bridgehead atoms. The van der Waals surface area contributed by atoms with Gasteiger partial charge in [0.05, 0.1) is 24.9 Å². The van der Waals surface area contributed by atoms with Gasteiger partial charge in [0.15, 0.2) is 0 Å². The predicted octanol–water partition coefficient (Wildman–Crippen LogP) is 4.53. The number of alkyl halides is 3. The second-order valence-corrected chi connectivity index (χ2v) is 8.08. The molecule has 2 aromatic carbocycles. The van der Waals surface area contributed by atoms with Crippen molar-refractivity contribution in [3.63, 3.8) is 0 Å². The first-order valence-electron chi connectivity index (χ1n) is 9.84. The summed E-state index contributed by atoms with van der Waals surface area (Å²) in [5, 5.41) is 0.883. The van der Waals surface area contributed by atoms with E-state index in [1.165, 1.54) is 25.0 Å². The fourth-order valence-electron chi connectivity index (χ4n) is 4.35. The second-order valence-electron chi connectivity index (χ2n) is 8.08. The molecule has 0 spiro atoms. The third-order valence-electron chi connectivity index (χ3n) is 5.73. The van der Waals surface area contributed by atoms with E-state index in [-0.39, 0.29) is 40.7 Å². The molecule has 2 aliphatic heterocycles. The Morgan fingerprint density at radius 1 is 1.19 bits per heavy atom. The lowest BCUT2D eigenvalue weighted by molar-refractivity contribution is -0.157. The van der Waals surface area contributed by atoms with E-state index in [0.29, 0.717) is 12.0 Å². The van der Waals surface area contributed by atoms with E-state index in [2.05, 4.69) is 0 Å². The lowest BCUT2D eigenvalue weighted by Gasteiger charge is -2.42. The van der Waals surface area contributed by atoms with E-state index in [1.807, 2.05) is 0 Å². The quantitative estimate of drug-likeness (QED) is 0.512. The number of nitrogens with zero attached hydrogens (tertiary/aromatic N) is 2. The van der Waals surface area contributed by atoms with Crippen molar-refractivity contribution >= 4 is 18.0 Å². The number of hydroxylamine groups is 2. The van der Waals surface area contributed by atoms with E-state index < -0.39 is 17.3 Å². The van der Waals surface area contributed by atoms with Gasteiger partial charge in [-0.15, -0.1) is 0 Å². The van der Waals surface area contributed by atoms with E-state index >= 15 is 0 Å². The largest absolute Gasteiger partial charge is 0.481 e. The Morgan fingerprint density at radius 3 is 2.47 bits per heavy atom. The van der Waals surface area contributed by atoms with Gasteiger partial charge in [-0.2, -0.15) is 18.2 Å². The first-order chi connectivity index (χ1) is 15.0. The summed E-state index contributed by atoms with van der Waals surface area (Å²) in [5.41, 5.74) is -0.597. The van der Waals surface area contributed by atoms with Crippen LogP contribution in [0.15, 0.2) is 42.1 Å². The van der Waals surface area contributed by atoms with Crippen LogP contribution in [0.2, 0.25) is 0 Å². The van der Waals surface area contributed by atoms with E-state index in [0.717, 1.165) is 16.7 Å². The van der Waals surface area contributed by atoms with E-state index in [9.17, 15) is 22.8 Å². The van der Waals surface area contributed by atoms with Crippen molar-refractivity contribution in [1.82, 2.24) is 9.96 Å². The van der Waals surface area contributed by atoms with Gasteiger partial charge in [-0.05, 0) is 50.1 Å². The molecule has 32 heavy (non-hydrogen) atoms. The van der Waals surface area contributed by atoms with Crippen LogP contribution in [-0.2, 0) is 22.4 Å². The maximum atomic E-state index is 13.7. The lowest BCUT2D eigenvalue weighted by atomic mass is 9.89. The van der Waals surface area contributed by atoms with Gasteiger partial charge < -0.3 is 9.64 Å². The van der Waals surface area contributed by atoms with Crippen molar-refractivity contribution in [1.29, 1.82) is 0 Å². The monoisotopic (exact) mass is 446 g/mol. The van der Waals surface area contributed by atoms with Crippen molar-refractivity contribution in [3.05, 3.63) is 69.9 Å². The number of benzene rings is 2. The number of hydrogen-bond acceptors (Lipinski definition) is 4. The molecule has 0 N–H and O–H groups in total. The molecule has 9 heteroatoms. The maximum Gasteiger partial charge on any atom is 0.416 e. The highest BCUT2D eigenvalue weighted by atomic mass is 19.4. The maximum absolute atomic E-state index is 13.7. The summed E-state index contributed by atoms with van der Waals surface area (Å²) in [5.74, 6) is -0.194. The standard InChI is InChI=1S/C23H21F3N2O4/c1-13-16(23(24,25)26)9-10-17-18(13)19(20(22(2,3)32-17)28(12-29)31-4)27-11-14-7-5-6-8-15(14)21(27)30/h5-10,12H,11H2,1-4H3. The van der Waals surface area contributed by atoms with Crippen LogP contribution in [0, 0.1) is 6.92 Å². The minimum Gasteiger partial charge on any atom is -0.481 e. The third-order valence-corrected chi connectivity index (χ3v) is 5.73. The number of halogens is 3. The van der Waals surface area contributed by atoms with Crippen LogP contribution >= 0.6 is 0 Å². The molecule has 0 saturated carbocycles. The highest BCUT2D eigenvalue weighted by Gasteiger charge is 2.46. The Labute approximate surface area is 182 Å². The molecular weight excluding hydrogens is 425 g/mol. The summed E-state index contributed by atoms with van der Waals surface area (Å²) < 4.78 is 47.2. The number of hydrogen-bond donors (Lipinski definition) is 0. The van der Waals surface area contributed by atoms with Crippen LogP contribution in [0.25, 0.3) is 5.70 Å². The smallest absolute Gasteiger partial charge is 0.416 e. The van der Waals surface area contributed by atoms with Gasteiger partial charge in [0, 0.05) is 11.1 Å². The van der Waals surface area contributed by atoms with Crippen molar-refractivity contribution < 1.29 is 32.3 Å². The Balaban J connectivity index is 2.06. The van der Waals surface area contributed by atoms with Gasteiger partial charge in [0.2, 0.25) is 6.41 Å². The van der Waals surface area contributed by atoms with E-state index in [1.54, 1.807) is 38.1 Å². The van der Waals surface area contributed by atoms with Gasteiger partial charge in [-0.3, -0.25) is 14.4 Å². The second kappa shape index (κ2) is 7.37. The fourth-order valence-corrected chi connectivity index (χ4v) is 4.35. The molecule has 0 saturated heterocycles. The van der Waals surface area contributed by atoms with Crippen LogP contribution in [-0.4, -0.2) is 35.0 Å². The number of carbonyl (C=O) groups excluding carboxylic acids is 2. The molecule has 0 unspecified atom stereocenters. The van der Waals surface area contributed by atoms with Gasteiger partial charge >= 0.3 is 6.18 Å². The van der Waals surface area contributed by atoms with Crippen molar-refractivity contribution in [3.8, 4) is 5.75 Å². The van der Waals surface area contributed by atoms with Crippen molar-refractivity contribution in [2.45, 2.75) is 39.1 Å². The van der Waals surface area contributed by atoms with Gasteiger partial charge in [-0.1, -0.05) is 18.2 Å². The number of carbonyl (C=O) groups is 2. The minimum absolute atomic E-state index is 0.0965. The first-order valence-corrected chi connectivity index (χ1v) is 9.84. The van der Waals surface area contributed by atoms with Gasteiger partial charge in [0.1, 0.15) is 17.0 Å². The molecule has 168 valence electrons. The molecule has 0 aliphatic carbocycles. The Hall–Kier alpha value is -3.33. The lowest BCUT2D eigenvalue weighted by Crippen LogP contribution is -2.45. The topological polar surface area (TPSA) is 59.1 Å². The van der Waals surface area contributed by atoms with Gasteiger partial charge in [0.25, 0.3) is 5.91 Å². The molecule has 0 aromatic heterocycles. The summed E-state index contributed by atoms with van der Waals surface area (Å²) in [6.07, 6.45) is -4.22. The molecule has 2 aromatic rings. The highest BCUT2D eigenvalue weighted by molar-refractivity contribution is 6.04. The minimum atomic E-state index is -4.61. The summed E-state index contributed by atoms with van der Waals surface area (Å²) in [7, 11) is 1.25. The van der Waals surface area contributed by atoms with E-state index in [4.69, 9.17) is 9.57 Å². The Morgan fingerprint density at radius 2 is 1.88 bits per heavy atom. The number of ether oxygens (including phenoxy) is 1. The zero-order chi connectivity index (χ0) is 23.4. The summed E-state index contributed by atoms with van der Waals surface area (Å²) >= 11 is 0. The van der Waals surface area contributed by atoms with Crippen LogP contribution in [0.4, 0.5) is 13.2 Å². The average Bonchev–Trinajstić information content (AvgIpc) is 3.04. The van der Waals surface area contributed by atoms with Crippen molar-refractivity contribution in [2.24, 2.45) is 0 Å². The van der Waals surface area contributed by atoms with Crippen LogP contribution < -0.4 is 4.74 Å². The molecule has 0 radical (unpaired) electrons. The Bertz CT molecular complexity index is 1150. The molecule has 0 fully saturated rings. The SMILES string of the molecule is CON(C=O)C1=C(N2Cc3ccccc3C2=O)c2c(ccc(C(F)(F)F)c2C)OC1(C)C. The molecular formula is C23H21F3N2O4. The fraction of sp³-hybridized carbons (Fsp3) is 0.304. The number of fused-ring (bicyclic) bond motifs is 2. The number of rotatable bonds is 4. The number of amides is 2. The zero-order valence-electron chi connectivity index (χ0n) is 17.9. The summed E-state index contributed by atoms with van der Waals surface area (Å²) in [6, 6.07) is 9.16. The molecule has 2 amide bonds. The molecule has 0 atom stereocenters. The highest BCUT2D eigenvalue weighted by Crippen LogP contribution is 2.49. The summed E-state index contributed by atoms with van der Waals surface area (Å²) in [4.78, 5) is 31.7. The molecule has 2 aliphatic rings. The third kappa shape index (κ3) is 3.24. The van der Waals surface area contributed by atoms with Gasteiger partial charge in [-0.25, -0.2) is 0 Å². The zero-order valence-corrected chi connectivity index (χ0v) is 17.9. The predicted molar refractivity (Wildman–Crippen MR) is 109 cm³/mol. The van der Waals surface area contributed by atoms with Crippen molar-refractivity contribution in [2.75, 3.05) is 7.11 Å². The molecule has 6 nitrogen and oxygen atoms in total. The Kier molecular flexibility index (Phi) is 5.04. The molecule has 4 rings (SSSR count). The average molecular weight is 446 g/mol. The van der Waals surface area contributed by atoms with Crippen LogP contribution in [0.5, 0.6) is 5.75 Å². The van der Waals surface area contributed by atoms with Crippen LogP contribution in [0.1, 0.15) is 46.5 Å².